The molecule has 1 aliphatic rings. The van der Waals surface area contributed by atoms with Crippen LogP contribution in [0.25, 0.3) is 33.5 Å². The topological polar surface area (TPSA) is 66.9 Å². The van der Waals surface area contributed by atoms with Crippen LogP contribution in [0, 0.1) is 0 Å². The number of likely N-dealkylation sites (N-methyl/N-ethyl adjacent to an activating group) is 1. The number of aromatic nitrogens is 2. The Balaban J connectivity index is 1.72. The fourth-order valence-corrected chi connectivity index (χ4v) is 5.33. The first-order valence-electron chi connectivity index (χ1n) is 11.1. The highest BCUT2D eigenvalue weighted by Gasteiger charge is 2.18. The normalized spacial score (nSPS) is 12.6. The maximum Gasteiger partial charge on any atom is 0.332 e. The van der Waals surface area contributed by atoms with E-state index in [1.165, 1.54) is 32.9 Å². The Morgan fingerprint density at radius 1 is 1.03 bits per heavy atom. The van der Waals surface area contributed by atoms with Gasteiger partial charge in [-0.25, -0.2) is 4.79 Å². The molecule has 0 unspecified atom stereocenters. The highest BCUT2D eigenvalue weighted by atomic mass is 32.1. The Kier molecular flexibility index (Phi) is 5.70. The summed E-state index contributed by atoms with van der Waals surface area (Å²) < 4.78 is 1.50. The molecule has 0 bridgehead atoms. The molecule has 2 aromatic carbocycles. The van der Waals surface area contributed by atoms with Crippen molar-refractivity contribution < 1.29 is 0 Å². The maximum atomic E-state index is 12.6. The van der Waals surface area contributed by atoms with Crippen LogP contribution in [0.5, 0.6) is 0 Å². The van der Waals surface area contributed by atoms with Crippen molar-refractivity contribution in [1.82, 2.24) is 14.9 Å². The van der Waals surface area contributed by atoms with E-state index in [-0.39, 0.29) is 0 Å². The number of aromatic amines is 1. The Bertz CT molecular complexity index is 1480. The summed E-state index contributed by atoms with van der Waals surface area (Å²) in [6.45, 7) is 3.03. The van der Waals surface area contributed by atoms with Crippen molar-refractivity contribution in [1.29, 1.82) is 0 Å². The summed E-state index contributed by atoms with van der Waals surface area (Å²) in [5.41, 5.74) is 9.60. The fourth-order valence-electron chi connectivity index (χ4n) is 4.67. The van der Waals surface area contributed by atoms with Crippen LogP contribution in [0.4, 0.5) is 0 Å². The van der Waals surface area contributed by atoms with E-state index in [0.717, 1.165) is 47.3 Å². The molecule has 0 spiro atoms. The number of H-pyrrole nitrogens is 1. The second-order valence-electron chi connectivity index (χ2n) is 8.20. The summed E-state index contributed by atoms with van der Waals surface area (Å²) in [5, 5.41) is 7.45. The second kappa shape index (κ2) is 8.81. The van der Waals surface area contributed by atoms with Crippen LogP contribution in [0.3, 0.4) is 0 Å². The summed E-state index contributed by atoms with van der Waals surface area (Å²) >= 11 is 1.65. The Morgan fingerprint density at radius 2 is 1.85 bits per heavy atom. The largest absolute Gasteiger partial charge is 0.332 e. The van der Waals surface area contributed by atoms with Crippen molar-refractivity contribution in [2.24, 2.45) is 0 Å². The standard InChI is InChI=1S/C27H25N3O2S/c1-3-22-24(18-6-7-23-17(12-18)4-5-19(23)15-28-2)13-21(14-25(22)20-9-11-33-16-20)30-10-8-26(31)29-27(30)32/h5-14,16,28H,3-4,15H2,1-2H3,(H,29,31,32). The molecule has 0 atom stereocenters. The van der Waals surface area contributed by atoms with Crippen LogP contribution in [-0.2, 0) is 12.8 Å². The number of benzene rings is 2. The smallest absolute Gasteiger partial charge is 0.316 e. The average Bonchev–Trinajstić information content (AvgIpc) is 3.49. The van der Waals surface area contributed by atoms with Gasteiger partial charge in [0.1, 0.15) is 0 Å². The number of nitrogens with zero attached hydrogens (tertiary/aromatic N) is 1. The van der Waals surface area contributed by atoms with Crippen LogP contribution < -0.4 is 16.6 Å². The molecule has 5 rings (SSSR count). The molecule has 0 radical (unpaired) electrons. The van der Waals surface area contributed by atoms with Gasteiger partial charge in [0.2, 0.25) is 0 Å². The molecule has 5 nitrogen and oxygen atoms in total. The molecule has 1 aliphatic carbocycles. The predicted octanol–water partition coefficient (Wildman–Crippen LogP) is 4.64. The molecule has 0 aliphatic heterocycles. The van der Waals surface area contributed by atoms with Gasteiger partial charge in [-0.15, -0.1) is 0 Å². The van der Waals surface area contributed by atoms with Crippen LogP contribution in [-0.4, -0.2) is 23.1 Å². The van der Waals surface area contributed by atoms with Gasteiger partial charge >= 0.3 is 5.69 Å². The van der Waals surface area contributed by atoms with Crippen molar-refractivity contribution >= 4 is 16.9 Å². The van der Waals surface area contributed by atoms with Crippen molar-refractivity contribution in [3.05, 3.63) is 103 Å². The van der Waals surface area contributed by atoms with Gasteiger partial charge in [0.05, 0.1) is 5.69 Å². The zero-order valence-corrected chi connectivity index (χ0v) is 19.5. The molecule has 0 amide bonds. The number of nitrogens with one attached hydrogen (secondary N) is 2. The van der Waals surface area contributed by atoms with Crippen LogP contribution in [0.2, 0.25) is 0 Å². The highest BCUT2D eigenvalue weighted by molar-refractivity contribution is 7.08. The molecule has 2 heterocycles. The fraction of sp³-hybridized carbons (Fsp3) is 0.185. The molecule has 4 aromatic rings. The van der Waals surface area contributed by atoms with Gasteiger partial charge in [-0.3, -0.25) is 14.3 Å². The lowest BCUT2D eigenvalue weighted by Crippen LogP contribution is -2.27. The molecule has 2 aromatic heterocycles. The Labute approximate surface area is 196 Å². The van der Waals surface area contributed by atoms with E-state index in [1.807, 2.05) is 13.1 Å². The second-order valence-corrected chi connectivity index (χ2v) is 8.98. The molecule has 166 valence electrons. The van der Waals surface area contributed by atoms with E-state index in [4.69, 9.17) is 0 Å². The van der Waals surface area contributed by atoms with E-state index in [0.29, 0.717) is 0 Å². The predicted molar refractivity (Wildman–Crippen MR) is 136 cm³/mol. The minimum Gasteiger partial charge on any atom is -0.316 e. The minimum absolute atomic E-state index is 0.400. The number of hydrogen-bond donors (Lipinski definition) is 2. The van der Waals surface area contributed by atoms with Gasteiger partial charge in [0.25, 0.3) is 5.56 Å². The van der Waals surface area contributed by atoms with Crippen LogP contribution >= 0.6 is 11.3 Å². The lowest BCUT2D eigenvalue weighted by molar-refractivity contribution is 0.895. The molecule has 0 saturated heterocycles. The molecular weight excluding hydrogens is 430 g/mol. The van der Waals surface area contributed by atoms with Gasteiger partial charge in [-0.2, -0.15) is 11.3 Å². The first-order valence-corrected chi connectivity index (χ1v) is 12.0. The van der Waals surface area contributed by atoms with Crippen molar-refractivity contribution in [2.45, 2.75) is 19.8 Å². The van der Waals surface area contributed by atoms with Crippen molar-refractivity contribution in [2.75, 3.05) is 13.6 Å². The third-order valence-corrected chi connectivity index (χ3v) is 6.90. The SMILES string of the molecule is CCc1c(-c2ccsc2)cc(-n2ccc(=O)[nH]c2=O)cc1-c1ccc2c(c1)CC=C2CNC. The van der Waals surface area contributed by atoms with Crippen LogP contribution in [0.1, 0.15) is 23.6 Å². The monoisotopic (exact) mass is 455 g/mol. The number of thiophene rings is 1. The van der Waals surface area contributed by atoms with Gasteiger partial charge in [0.15, 0.2) is 0 Å². The Morgan fingerprint density at radius 3 is 2.55 bits per heavy atom. The number of hydrogen-bond acceptors (Lipinski definition) is 4. The van der Waals surface area contributed by atoms with E-state index in [2.05, 4.69) is 64.4 Å². The Hall–Kier alpha value is -3.48. The molecule has 2 N–H and O–H groups in total. The third-order valence-electron chi connectivity index (χ3n) is 6.22. The first-order chi connectivity index (χ1) is 16.1. The zero-order valence-electron chi connectivity index (χ0n) is 18.6. The summed E-state index contributed by atoms with van der Waals surface area (Å²) in [4.78, 5) is 26.6. The van der Waals surface area contributed by atoms with Gasteiger partial charge in [-0.05, 0) is 93.4 Å². The van der Waals surface area contributed by atoms with Crippen molar-refractivity contribution in [3.8, 4) is 27.9 Å². The lowest BCUT2D eigenvalue weighted by Gasteiger charge is -2.18. The lowest BCUT2D eigenvalue weighted by atomic mass is 9.89. The molecular formula is C27H25N3O2S. The molecule has 0 saturated carbocycles. The molecule has 6 heteroatoms. The summed E-state index contributed by atoms with van der Waals surface area (Å²) in [7, 11) is 1.97. The third kappa shape index (κ3) is 3.92. The molecule has 0 fully saturated rings. The number of fused-ring (bicyclic) bond motifs is 1. The first kappa shape index (κ1) is 21.4. The van der Waals surface area contributed by atoms with Crippen molar-refractivity contribution in [3.63, 3.8) is 0 Å². The quantitative estimate of drug-likeness (QED) is 0.445. The van der Waals surface area contributed by atoms with E-state index < -0.39 is 11.2 Å². The van der Waals surface area contributed by atoms with Gasteiger partial charge in [0, 0.05) is 18.8 Å². The highest BCUT2D eigenvalue weighted by Crippen LogP contribution is 2.38. The molecule has 33 heavy (non-hydrogen) atoms. The summed E-state index contributed by atoms with van der Waals surface area (Å²) in [6.07, 6.45) is 5.62. The summed E-state index contributed by atoms with van der Waals surface area (Å²) in [6, 6.07) is 14.3. The minimum atomic E-state index is -0.441. The average molecular weight is 456 g/mol. The number of rotatable bonds is 6. The van der Waals surface area contributed by atoms with E-state index in [1.54, 1.807) is 17.5 Å². The zero-order chi connectivity index (χ0) is 22.9. The van der Waals surface area contributed by atoms with E-state index in [9.17, 15) is 9.59 Å². The van der Waals surface area contributed by atoms with Gasteiger partial charge < -0.3 is 5.32 Å². The number of allylic oxidation sites excluding steroid dienone is 1. The van der Waals surface area contributed by atoms with Crippen LogP contribution in [0.15, 0.2) is 75.1 Å². The van der Waals surface area contributed by atoms with E-state index >= 15 is 0 Å². The van der Waals surface area contributed by atoms with Gasteiger partial charge in [-0.1, -0.05) is 31.2 Å². The maximum absolute atomic E-state index is 12.6. The summed E-state index contributed by atoms with van der Waals surface area (Å²) in [5.74, 6) is 0.